The molecule has 3 rings (SSSR count). The van der Waals surface area contributed by atoms with Crippen LogP contribution >= 0.6 is 39.7 Å². The Morgan fingerprint density at radius 1 is 1.00 bits per heavy atom. The van der Waals surface area contributed by atoms with Gasteiger partial charge in [0.25, 0.3) is 0 Å². The molecule has 0 amide bonds. The van der Waals surface area contributed by atoms with Crippen LogP contribution in [-0.2, 0) is 0 Å². The molecule has 5 heteroatoms. The van der Waals surface area contributed by atoms with Gasteiger partial charge in [0.2, 0.25) is 0 Å². The molecule has 2 aromatic carbocycles. The third kappa shape index (κ3) is 5.95. The number of rotatable bonds is 9. The maximum Gasteiger partial charge on any atom is 0.120 e. The maximum atomic E-state index is 5.98. The minimum Gasteiger partial charge on any atom is -0.494 e. The molecule has 0 radical (unpaired) electrons. The third-order valence-electron chi connectivity index (χ3n) is 4.73. The van der Waals surface area contributed by atoms with Crippen molar-refractivity contribution >= 4 is 49.8 Å². The number of thiophene rings is 1. The van der Waals surface area contributed by atoms with Gasteiger partial charge in [0.05, 0.1) is 6.61 Å². The van der Waals surface area contributed by atoms with Gasteiger partial charge in [0, 0.05) is 20.1 Å². The van der Waals surface area contributed by atoms with Gasteiger partial charge in [0.1, 0.15) is 5.75 Å². The van der Waals surface area contributed by atoms with Crippen molar-refractivity contribution in [3.8, 4) is 16.9 Å². The molecular formula is C22H27BrClNOS. The summed E-state index contributed by atoms with van der Waals surface area (Å²) in [6.45, 7) is 8.66. The molecule has 27 heavy (non-hydrogen) atoms. The number of hydrogen-bond acceptors (Lipinski definition) is 3. The van der Waals surface area contributed by atoms with Gasteiger partial charge in [0.15, 0.2) is 0 Å². The smallest absolute Gasteiger partial charge is 0.120 e. The molecule has 1 aromatic heterocycles. The molecule has 0 atom stereocenters. The molecular weight excluding hydrogens is 442 g/mol. The van der Waals surface area contributed by atoms with E-state index in [0.29, 0.717) is 0 Å². The third-order valence-corrected chi connectivity index (χ3v) is 6.21. The highest BCUT2D eigenvalue weighted by Gasteiger charge is 2.08. The minimum absolute atomic E-state index is 0. The van der Waals surface area contributed by atoms with Crippen molar-refractivity contribution in [3.05, 3.63) is 52.3 Å². The number of fused-ring (bicyclic) bond motifs is 1. The van der Waals surface area contributed by atoms with Crippen molar-refractivity contribution in [2.75, 3.05) is 26.2 Å². The lowest BCUT2D eigenvalue weighted by Crippen LogP contribution is -2.24. The Bertz CT molecular complexity index is 830. The highest BCUT2D eigenvalue weighted by molar-refractivity contribution is 9.10. The van der Waals surface area contributed by atoms with E-state index in [2.05, 4.69) is 82.5 Å². The highest BCUT2D eigenvalue weighted by Crippen LogP contribution is 2.36. The summed E-state index contributed by atoms with van der Waals surface area (Å²) < 4.78 is 8.37. The van der Waals surface area contributed by atoms with Crippen molar-refractivity contribution in [2.24, 2.45) is 0 Å². The van der Waals surface area contributed by atoms with Crippen LogP contribution < -0.4 is 4.74 Å². The summed E-state index contributed by atoms with van der Waals surface area (Å²) in [7, 11) is 0. The molecule has 3 aromatic rings. The number of halogens is 2. The quantitative estimate of drug-likeness (QED) is 0.306. The average molecular weight is 469 g/mol. The topological polar surface area (TPSA) is 12.5 Å². The monoisotopic (exact) mass is 467 g/mol. The van der Waals surface area contributed by atoms with Crippen molar-refractivity contribution < 1.29 is 4.74 Å². The molecule has 2 nitrogen and oxygen atoms in total. The summed E-state index contributed by atoms with van der Waals surface area (Å²) >= 11 is 5.28. The first-order chi connectivity index (χ1) is 12.7. The molecule has 0 fully saturated rings. The lowest BCUT2D eigenvalue weighted by atomic mass is 10.1. The van der Waals surface area contributed by atoms with E-state index in [-0.39, 0.29) is 12.4 Å². The van der Waals surface area contributed by atoms with Crippen LogP contribution in [0.2, 0.25) is 0 Å². The fraction of sp³-hybridized carbons (Fsp3) is 0.364. The standard InChI is InChI=1S/C22H26BrNOS.ClH/c1-3-24(4-2)13-5-6-14-25-19-11-12-20-21(16-26-22(20)15-19)17-7-9-18(23)10-8-17;/h7-12,15-16H,3-6,13-14H2,1-2H3;1H. The number of benzene rings is 2. The predicted molar refractivity (Wildman–Crippen MR) is 125 cm³/mol. The predicted octanol–water partition coefficient (Wildman–Crippen LogP) is 7.25. The number of unbranched alkanes of at least 4 members (excludes halogenated alkanes) is 1. The summed E-state index contributed by atoms with van der Waals surface area (Å²) in [5.41, 5.74) is 2.55. The fourth-order valence-corrected chi connectivity index (χ4v) is 4.38. The highest BCUT2D eigenvalue weighted by atomic mass is 79.9. The van der Waals surface area contributed by atoms with E-state index in [1.165, 1.54) is 27.6 Å². The van der Waals surface area contributed by atoms with E-state index in [9.17, 15) is 0 Å². The lowest BCUT2D eigenvalue weighted by molar-refractivity contribution is 0.266. The Kier molecular flexibility index (Phi) is 9.10. The summed E-state index contributed by atoms with van der Waals surface area (Å²) in [6.07, 6.45) is 2.29. The Labute approximate surface area is 181 Å². The van der Waals surface area contributed by atoms with Crippen LogP contribution in [0.4, 0.5) is 0 Å². The van der Waals surface area contributed by atoms with E-state index in [1.807, 2.05) is 0 Å². The molecule has 0 saturated heterocycles. The van der Waals surface area contributed by atoms with E-state index in [1.54, 1.807) is 11.3 Å². The molecule has 0 spiro atoms. The van der Waals surface area contributed by atoms with Crippen LogP contribution in [0, 0.1) is 0 Å². The number of hydrogen-bond donors (Lipinski definition) is 0. The Morgan fingerprint density at radius 3 is 2.44 bits per heavy atom. The minimum atomic E-state index is 0. The molecule has 0 aliphatic heterocycles. The van der Waals surface area contributed by atoms with Crippen molar-refractivity contribution in [2.45, 2.75) is 26.7 Å². The van der Waals surface area contributed by atoms with Crippen LogP contribution in [0.3, 0.4) is 0 Å². The molecule has 1 heterocycles. The van der Waals surface area contributed by atoms with E-state index in [0.717, 1.165) is 42.9 Å². The summed E-state index contributed by atoms with van der Waals surface area (Å²) in [4.78, 5) is 2.46. The molecule has 0 saturated carbocycles. The maximum absolute atomic E-state index is 5.98. The van der Waals surface area contributed by atoms with Gasteiger partial charge in [-0.05, 0) is 73.8 Å². The van der Waals surface area contributed by atoms with Gasteiger partial charge in [-0.2, -0.15) is 0 Å². The summed E-state index contributed by atoms with van der Waals surface area (Å²) in [5, 5.41) is 3.54. The van der Waals surface area contributed by atoms with Crippen LogP contribution in [0.5, 0.6) is 5.75 Å². The Balaban J connectivity index is 0.00000261. The normalized spacial score (nSPS) is 11.0. The number of nitrogens with zero attached hydrogens (tertiary/aromatic N) is 1. The van der Waals surface area contributed by atoms with E-state index in [4.69, 9.17) is 4.74 Å². The van der Waals surface area contributed by atoms with E-state index < -0.39 is 0 Å². The molecule has 0 aliphatic rings. The first kappa shape index (κ1) is 22.2. The van der Waals surface area contributed by atoms with Gasteiger partial charge in [-0.1, -0.05) is 41.9 Å². The molecule has 146 valence electrons. The molecule has 0 N–H and O–H groups in total. The van der Waals surface area contributed by atoms with Crippen LogP contribution in [0.1, 0.15) is 26.7 Å². The van der Waals surface area contributed by atoms with Gasteiger partial charge >= 0.3 is 0 Å². The molecule has 0 unspecified atom stereocenters. The zero-order valence-electron chi connectivity index (χ0n) is 15.9. The summed E-state index contributed by atoms with van der Waals surface area (Å²) in [6, 6.07) is 15.0. The Hall–Kier alpha value is -1.07. The van der Waals surface area contributed by atoms with E-state index >= 15 is 0 Å². The van der Waals surface area contributed by atoms with Crippen LogP contribution in [-0.4, -0.2) is 31.1 Å². The zero-order chi connectivity index (χ0) is 18.4. The second-order valence-electron chi connectivity index (χ2n) is 6.40. The number of ether oxygens (including phenoxy) is 1. The molecule has 0 aliphatic carbocycles. The van der Waals surface area contributed by atoms with Gasteiger partial charge < -0.3 is 9.64 Å². The van der Waals surface area contributed by atoms with Crippen LogP contribution in [0.15, 0.2) is 52.3 Å². The summed E-state index contributed by atoms with van der Waals surface area (Å²) in [5.74, 6) is 0.976. The lowest BCUT2D eigenvalue weighted by Gasteiger charge is -2.17. The van der Waals surface area contributed by atoms with Crippen molar-refractivity contribution in [1.82, 2.24) is 4.90 Å². The van der Waals surface area contributed by atoms with Gasteiger partial charge in [-0.25, -0.2) is 0 Å². The fourth-order valence-electron chi connectivity index (χ4n) is 3.12. The first-order valence-electron chi connectivity index (χ1n) is 9.33. The second-order valence-corrected chi connectivity index (χ2v) is 8.22. The second kappa shape index (κ2) is 11.1. The van der Waals surface area contributed by atoms with Gasteiger partial charge in [-0.3, -0.25) is 0 Å². The Morgan fingerprint density at radius 2 is 1.74 bits per heavy atom. The van der Waals surface area contributed by atoms with Gasteiger partial charge in [-0.15, -0.1) is 23.7 Å². The largest absolute Gasteiger partial charge is 0.494 e. The molecule has 0 bridgehead atoms. The SMILES string of the molecule is CCN(CC)CCCCOc1ccc2c(-c3ccc(Br)cc3)csc2c1.Cl. The van der Waals surface area contributed by atoms with Crippen LogP contribution in [0.25, 0.3) is 21.2 Å². The first-order valence-corrected chi connectivity index (χ1v) is 11.0. The van der Waals surface area contributed by atoms with Crippen molar-refractivity contribution in [3.63, 3.8) is 0 Å². The average Bonchev–Trinajstić information content (AvgIpc) is 3.08. The van der Waals surface area contributed by atoms with Crippen molar-refractivity contribution in [1.29, 1.82) is 0 Å². The zero-order valence-corrected chi connectivity index (χ0v) is 19.1.